The highest BCUT2D eigenvalue weighted by atomic mass is 32.1. The third kappa shape index (κ3) is 2.69. The number of methoxy groups -OCH3 is 1. The van der Waals surface area contributed by atoms with Crippen molar-refractivity contribution in [1.29, 1.82) is 0 Å². The van der Waals surface area contributed by atoms with Crippen LogP contribution in [-0.2, 0) is 16.0 Å². The summed E-state index contributed by atoms with van der Waals surface area (Å²) in [7, 11) is 0.132. The summed E-state index contributed by atoms with van der Waals surface area (Å²) in [5.41, 5.74) is 0. The van der Waals surface area contributed by atoms with Crippen molar-refractivity contribution in [2.75, 3.05) is 7.11 Å². The molecule has 1 heterocycles. The van der Waals surface area contributed by atoms with Gasteiger partial charge in [0.05, 0.1) is 21.6 Å². The zero-order valence-corrected chi connectivity index (χ0v) is 10.9. The Hall–Kier alpha value is -0.613. The molecule has 0 N–H and O–H groups in total. The van der Waals surface area contributed by atoms with E-state index in [2.05, 4.69) is 35.8 Å². The van der Waals surface area contributed by atoms with E-state index in [4.69, 9.17) is 0 Å². The highest BCUT2D eigenvalue weighted by Gasteiger charge is 2.22. The normalized spacial score (nSPS) is 11.4. The monoisotopic (exact) mass is 228 g/mol. The van der Waals surface area contributed by atoms with Gasteiger partial charge in [-0.05, 0) is 10.6 Å². The van der Waals surface area contributed by atoms with Gasteiger partial charge in [0.2, 0.25) is 0 Å². The highest BCUT2D eigenvalue weighted by Crippen LogP contribution is 2.14. The summed E-state index contributed by atoms with van der Waals surface area (Å²) in [6, 6.07) is 2.15. The number of hydrogen-bond donors (Lipinski definition) is 0. The molecule has 0 radical (unpaired) electrons. The first-order valence-electron chi connectivity index (χ1n) is 4.59. The van der Waals surface area contributed by atoms with Crippen molar-refractivity contribution in [3.63, 3.8) is 0 Å². The van der Waals surface area contributed by atoms with Crippen LogP contribution in [0.15, 0.2) is 11.4 Å². The molecule has 0 atom stereocenters. The molecule has 0 saturated heterocycles. The lowest BCUT2D eigenvalue weighted by Gasteiger charge is -2.16. The number of rotatable bonds is 3. The van der Waals surface area contributed by atoms with Gasteiger partial charge in [-0.25, -0.2) is 0 Å². The number of carbonyl (C=O) groups is 1. The Bertz CT molecular complexity index is 325. The lowest BCUT2D eigenvalue weighted by molar-refractivity contribution is -0.139. The van der Waals surface area contributed by atoms with E-state index in [1.165, 1.54) is 17.2 Å². The Morgan fingerprint density at radius 1 is 1.50 bits per heavy atom. The van der Waals surface area contributed by atoms with Crippen molar-refractivity contribution in [3.05, 3.63) is 16.3 Å². The number of thiophene rings is 1. The fourth-order valence-corrected chi connectivity index (χ4v) is 4.84. The molecule has 78 valence electrons. The largest absolute Gasteiger partial charge is 0.469 e. The minimum atomic E-state index is -1.30. The molecule has 0 aromatic carbocycles. The van der Waals surface area contributed by atoms with Crippen LogP contribution in [0.1, 0.15) is 4.88 Å². The minimum absolute atomic E-state index is 0.146. The second-order valence-electron chi connectivity index (χ2n) is 4.26. The number of hydrogen-bond acceptors (Lipinski definition) is 3. The minimum Gasteiger partial charge on any atom is -0.469 e. The van der Waals surface area contributed by atoms with E-state index < -0.39 is 8.07 Å². The van der Waals surface area contributed by atoms with Crippen LogP contribution in [-0.4, -0.2) is 21.2 Å². The number of ether oxygens (including phenoxy) is 1. The predicted octanol–water partition coefficient (Wildman–Crippen LogP) is 2.01. The van der Waals surface area contributed by atoms with Gasteiger partial charge in [0.15, 0.2) is 0 Å². The molecule has 0 unspecified atom stereocenters. The molecule has 2 nitrogen and oxygen atoms in total. The molecule has 0 amide bonds. The molecule has 1 rings (SSSR count). The van der Waals surface area contributed by atoms with Crippen molar-refractivity contribution >= 4 is 30.6 Å². The van der Waals surface area contributed by atoms with E-state index in [-0.39, 0.29) is 5.97 Å². The van der Waals surface area contributed by atoms with Gasteiger partial charge in [-0.15, -0.1) is 11.3 Å². The fraction of sp³-hybridized carbons (Fsp3) is 0.500. The van der Waals surface area contributed by atoms with E-state index in [1.807, 2.05) is 0 Å². The SMILES string of the molecule is COC(=O)Cc1sccc1[Si](C)(C)C. The molecule has 14 heavy (non-hydrogen) atoms. The first-order valence-corrected chi connectivity index (χ1v) is 8.97. The van der Waals surface area contributed by atoms with E-state index >= 15 is 0 Å². The van der Waals surface area contributed by atoms with Gasteiger partial charge in [-0.3, -0.25) is 4.79 Å². The zero-order chi connectivity index (χ0) is 10.8. The van der Waals surface area contributed by atoms with Crippen LogP contribution in [0.3, 0.4) is 0 Å². The molecule has 0 spiro atoms. The van der Waals surface area contributed by atoms with Crippen LogP contribution in [0.25, 0.3) is 0 Å². The molecule has 0 aliphatic rings. The van der Waals surface area contributed by atoms with E-state index in [0.29, 0.717) is 6.42 Å². The third-order valence-corrected chi connectivity index (χ3v) is 5.27. The highest BCUT2D eigenvalue weighted by molar-refractivity contribution is 7.12. The van der Waals surface area contributed by atoms with Crippen LogP contribution in [0.5, 0.6) is 0 Å². The van der Waals surface area contributed by atoms with Gasteiger partial charge in [0, 0.05) is 4.88 Å². The predicted molar refractivity (Wildman–Crippen MR) is 63.0 cm³/mol. The second-order valence-corrected chi connectivity index (χ2v) is 10.3. The molecule has 1 aromatic heterocycles. The van der Waals surface area contributed by atoms with Gasteiger partial charge in [-0.2, -0.15) is 0 Å². The Balaban J connectivity index is 2.88. The van der Waals surface area contributed by atoms with Gasteiger partial charge in [0.25, 0.3) is 0 Å². The zero-order valence-electron chi connectivity index (χ0n) is 9.09. The molecule has 0 bridgehead atoms. The second kappa shape index (κ2) is 4.27. The first kappa shape index (κ1) is 11.5. The molecule has 0 saturated carbocycles. The number of carbonyl (C=O) groups excluding carboxylic acids is 1. The Kier molecular flexibility index (Phi) is 3.50. The van der Waals surface area contributed by atoms with Gasteiger partial charge in [0.1, 0.15) is 0 Å². The third-order valence-electron chi connectivity index (χ3n) is 2.09. The van der Waals surface area contributed by atoms with Gasteiger partial charge < -0.3 is 4.74 Å². The molecular formula is C10H16O2SSi. The van der Waals surface area contributed by atoms with Crippen molar-refractivity contribution < 1.29 is 9.53 Å². The molecule has 1 aromatic rings. The maximum absolute atomic E-state index is 11.2. The van der Waals surface area contributed by atoms with Crippen LogP contribution >= 0.6 is 11.3 Å². The lowest BCUT2D eigenvalue weighted by Crippen LogP contribution is -2.39. The van der Waals surface area contributed by atoms with Crippen molar-refractivity contribution in [2.24, 2.45) is 0 Å². The van der Waals surface area contributed by atoms with E-state index in [1.54, 1.807) is 11.3 Å². The molecule has 0 aliphatic heterocycles. The topological polar surface area (TPSA) is 26.3 Å². The Labute approximate surface area is 89.9 Å². The van der Waals surface area contributed by atoms with Crippen molar-refractivity contribution in [2.45, 2.75) is 26.1 Å². The van der Waals surface area contributed by atoms with E-state index in [0.717, 1.165) is 0 Å². The summed E-state index contributed by atoms with van der Waals surface area (Å²) in [5.74, 6) is -0.146. The maximum atomic E-state index is 11.2. The summed E-state index contributed by atoms with van der Waals surface area (Å²) in [5, 5.41) is 3.44. The summed E-state index contributed by atoms with van der Waals surface area (Å²) >= 11 is 1.65. The van der Waals surface area contributed by atoms with Crippen LogP contribution < -0.4 is 5.19 Å². The van der Waals surface area contributed by atoms with Crippen LogP contribution in [0, 0.1) is 0 Å². The summed E-state index contributed by atoms with van der Waals surface area (Å²) in [6.45, 7) is 6.86. The quantitative estimate of drug-likeness (QED) is 0.584. The average Bonchev–Trinajstić information content (AvgIpc) is 2.51. The average molecular weight is 228 g/mol. The lowest BCUT2D eigenvalue weighted by atomic mass is 10.3. The Morgan fingerprint density at radius 2 is 2.14 bits per heavy atom. The van der Waals surface area contributed by atoms with Gasteiger partial charge >= 0.3 is 5.97 Å². The summed E-state index contributed by atoms with van der Waals surface area (Å²) in [6.07, 6.45) is 0.424. The Morgan fingerprint density at radius 3 is 2.64 bits per heavy atom. The summed E-state index contributed by atoms with van der Waals surface area (Å²) in [4.78, 5) is 12.3. The van der Waals surface area contributed by atoms with Crippen LogP contribution in [0.4, 0.5) is 0 Å². The molecule has 0 fully saturated rings. The molecule has 0 aliphatic carbocycles. The smallest absolute Gasteiger partial charge is 0.310 e. The molecular weight excluding hydrogens is 212 g/mol. The van der Waals surface area contributed by atoms with Crippen molar-refractivity contribution in [1.82, 2.24) is 0 Å². The van der Waals surface area contributed by atoms with Crippen LogP contribution in [0.2, 0.25) is 19.6 Å². The van der Waals surface area contributed by atoms with E-state index in [9.17, 15) is 4.79 Å². The fourth-order valence-electron chi connectivity index (χ4n) is 1.35. The first-order chi connectivity index (χ1) is 6.45. The maximum Gasteiger partial charge on any atom is 0.310 e. The molecule has 4 heteroatoms. The van der Waals surface area contributed by atoms with Crippen molar-refractivity contribution in [3.8, 4) is 0 Å². The summed E-state index contributed by atoms with van der Waals surface area (Å²) < 4.78 is 4.67. The number of esters is 1. The standard InChI is InChI=1S/C10H16O2SSi/c1-12-10(11)7-8-9(5-6-13-8)14(2,3)4/h5-6H,7H2,1-4H3. The van der Waals surface area contributed by atoms with Gasteiger partial charge in [-0.1, -0.05) is 25.7 Å².